The summed E-state index contributed by atoms with van der Waals surface area (Å²) in [4.78, 5) is 0. The number of rotatable bonds is 3. The zero-order chi connectivity index (χ0) is 19.7. The molecule has 0 heterocycles. The number of alkyl halides is 3. The Bertz CT molecular complexity index is 1020. The Morgan fingerprint density at radius 1 is 0.893 bits per heavy atom. The van der Waals surface area contributed by atoms with E-state index >= 15 is 0 Å². The molecule has 0 bridgehead atoms. The molecule has 0 aliphatic heterocycles. The Morgan fingerprint density at radius 3 is 2.36 bits per heavy atom. The first-order valence-electron chi connectivity index (χ1n) is 9.07. The van der Waals surface area contributed by atoms with Crippen molar-refractivity contribution >= 4 is 5.57 Å². The van der Waals surface area contributed by atoms with Gasteiger partial charge in [-0.1, -0.05) is 54.6 Å². The highest BCUT2D eigenvalue weighted by molar-refractivity contribution is 5.84. The van der Waals surface area contributed by atoms with E-state index in [9.17, 15) is 13.2 Å². The van der Waals surface area contributed by atoms with Crippen LogP contribution >= 0.6 is 0 Å². The zero-order valence-corrected chi connectivity index (χ0v) is 15.3. The molecule has 28 heavy (non-hydrogen) atoms. The van der Waals surface area contributed by atoms with Crippen LogP contribution in [0.5, 0.6) is 5.75 Å². The van der Waals surface area contributed by atoms with Crippen molar-refractivity contribution in [1.29, 1.82) is 0 Å². The second kappa shape index (κ2) is 7.19. The third kappa shape index (κ3) is 3.55. The molecule has 0 spiro atoms. The van der Waals surface area contributed by atoms with Gasteiger partial charge in [-0.05, 0) is 58.5 Å². The lowest BCUT2D eigenvalue weighted by molar-refractivity contribution is -0.137. The molecular formula is C24H19F3O. The number of allylic oxidation sites excluding steroid dienone is 1. The smallest absolute Gasteiger partial charge is 0.416 e. The van der Waals surface area contributed by atoms with Crippen LogP contribution in [0.1, 0.15) is 33.7 Å². The van der Waals surface area contributed by atoms with E-state index in [0.29, 0.717) is 0 Å². The number of fused-ring (bicyclic) bond motifs is 1. The van der Waals surface area contributed by atoms with Crippen LogP contribution in [-0.2, 0) is 12.6 Å². The Kier molecular flexibility index (Phi) is 4.71. The van der Waals surface area contributed by atoms with Crippen LogP contribution in [0, 0.1) is 0 Å². The molecule has 1 aliphatic rings. The molecule has 3 aromatic carbocycles. The lowest BCUT2D eigenvalue weighted by Gasteiger charge is -2.25. The minimum atomic E-state index is -4.32. The second-order valence-corrected chi connectivity index (χ2v) is 6.90. The average molecular weight is 380 g/mol. The van der Waals surface area contributed by atoms with E-state index in [2.05, 4.69) is 18.2 Å². The highest BCUT2D eigenvalue weighted by Crippen LogP contribution is 2.39. The molecule has 0 amide bonds. The van der Waals surface area contributed by atoms with Gasteiger partial charge in [-0.25, -0.2) is 0 Å². The first-order valence-corrected chi connectivity index (χ1v) is 9.07. The van der Waals surface area contributed by atoms with E-state index in [1.54, 1.807) is 19.2 Å². The van der Waals surface area contributed by atoms with E-state index in [4.69, 9.17) is 4.74 Å². The third-order valence-corrected chi connectivity index (χ3v) is 5.16. The van der Waals surface area contributed by atoms with Gasteiger partial charge in [-0.15, -0.1) is 0 Å². The minimum absolute atomic E-state index is 0.0124. The quantitative estimate of drug-likeness (QED) is 0.505. The van der Waals surface area contributed by atoms with Crippen molar-refractivity contribution in [2.45, 2.75) is 18.5 Å². The fourth-order valence-corrected chi connectivity index (χ4v) is 3.72. The molecule has 0 saturated carbocycles. The van der Waals surface area contributed by atoms with Gasteiger partial charge in [0.2, 0.25) is 0 Å². The molecule has 4 rings (SSSR count). The Balaban J connectivity index is 1.77. The normalized spacial score (nSPS) is 16.3. The van der Waals surface area contributed by atoms with Gasteiger partial charge in [0.1, 0.15) is 5.75 Å². The SMILES string of the molecule is COc1cccc(C2=CC(c3ccc(C(F)(F)F)cc3)Cc3ccccc32)c1. The van der Waals surface area contributed by atoms with E-state index in [-0.39, 0.29) is 5.92 Å². The van der Waals surface area contributed by atoms with Crippen LogP contribution in [0.3, 0.4) is 0 Å². The predicted molar refractivity (Wildman–Crippen MR) is 104 cm³/mol. The van der Waals surface area contributed by atoms with Crippen molar-refractivity contribution < 1.29 is 17.9 Å². The van der Waals surface area contributed by atoms with Gasteiger partial charge < -0.3 is 4.74 Å². The number of ether oxygens (including phenoxy) is 1. The van der Waals surface area contributed by atoms with Crippen LogP contribution in [-0.4, -0.2) is 7.11 Å². The summed E-state index contributed by atoms with van der Waals surface area (Å²) in [6.07, 6.45) is -1.41. The lowest BCUT2D eigenvalue weighted by atomic mass is 9.79. The predicted octanol–water partition coefficient (Wildman–Crippen LogP) is 6.49. The second-order valence-electron chi connectivity index (χ2n) is 6.90. The summed E-state index contributed by atoms with van der Waals surface area (Å²) >= 11 is 0. The summed E-state index contributed by atoms with van der Waals surface area (Å²) in [6.45, 7) is 0. The van der Waals surface area contributed by atoms with E-state index in [1.165, 1.54) is 5.56 Å². The van der Waals surface area contributed by atoms with E-state index in [1.807, 2.05) is 36.4 Å². The molecule has 0 N–H and O–H groups in total. The van der Waals surface area contributed by atoms with Crippen LogP contribution < -0.4 is 4.74 Å². The van der Waals surface area contributed by atoms with Crippen molar-refractivity contribution in [3.8, 4) is 5.75 Å². The number of hydrogen-bond acceptors (Lipinski definition) is 1. The van der Waals surface area contributed by atoms with Gasteiger partial charge in [-0.3, -0.25) is 0 Å². The average Bonchev–Trinajstić information content (AvgIpc) is 2.72. The molecule has 0 radical (unpaired) electrons. The molecule has 3 aromatic rings. The Morgan fingerprint density at radius 2 is 1.64 bits per heavy atom. The summed E-state index contributed by atoms with van der Waals surface area (Å²) in [5.74, 6) is 0.783. The van der Waals surface area contributed by atoms with Crippen LogP contribution in [0.2, 0.25) is 0 Å². The van der Waals surface area contributed by atoms with Gasteiger partial charge >= 0.3 is 6.18 Å². The first-order chi connectivity index (χ1) is 13.5. The summed E-state index contributed by atoms with van der Waals surface area (Å²) in [6, 6.07) is 21.5. The van der Waals surface area contributed by atoms with Crippen LogP contribution in [0.25, 0.3) is 5.57 Å². The van der Waals surface area contributed by atoms with Gasteiger partial charge in [-0.2, -0.15) is 13.2 Å². The number of methoxy groups -OCH3 is 1. The molecule has 142 valence electrons. The molecule has 1 aliphatic carbocycles. The molecule has 1 nitrogen and oxygen atoms in total. The summed E-state index contributed by atoms with van der Waals surface area (Å²) in [7, 11) is 1.63. The largest absolute Gasteiger partial charge is 0.497 e. The maximum absolute atomic E-state index is 12.9. The number of benzene rings is 3. The number of halogens is 3. The maximum atomic E-state index is 12.9. The minimum Gasteiger partial charge on any atom is -0.497 e. The summed E-state index contributed by atoms with van der Waals surface area (Å²) in [5, 5.41) is 0. The monoisotopic (exact) mass is 380 g/mol. The third-order valence-electron chi connectivity index (χ3n) is 5.16. The van der Waals surface area contributed by atoms with Gasteiger partial charge in [0.25, 0.3) is 0 Å². The summed E-state index contributed by atoms with van der Waals surface area (Å²) < 4.78 is 44.0. The molecule has 1 unspecified atom stereocenters. The fourth-order valence-electron chi connectivity index (χ4n) is 3.72. The van der Waals surface area contributed by atoms with Crippen molar-refractivity contribution in [1.82, 2.24) is 0 Å². The van der Waals surface area contributed by atoms with Crippen LogP contribution in [0.15, 0.2) is 78.9 Å². The van der Waals surface area contributed by atoms with Gasteiger partial charge in [0, 0.05) is 5.92 Å². The van der Waals surface area contributed by atoms with Crippen LogP contribution in [0.4, 0.5) is 13.2 Å². The molecule has 4 heteroatoms. The van der Waals surface area contributed by atoms with Crippen molar-refractivity contribution in [2.75, 3.05) is 7.11 Å². The summed E-state index contributed by atoms with van der Waals surface area (Å²) in [5.41, 5.74) is 4.70. The Labute approximate surface area is 162 Å². The Hall–Kier alpha value is -3.01. The lowest BCUT2D eigenvalue weighted by Crippen LogP contribution is -2.11. The van der Waals surface area contributed by atoms with Gasteiger partial charge in [0.05, 0.1) is 12.7 Å². The molecule has 0 aromatic heterocycles. The molecule has 0 saturated heterocycles. The first kappa shape index (κ1) is 18.4. The fraction of sp³-hybridized carbons (Fsp3) is 0.167. The van der Waals surface area contributed by atoms with Crippen molar-refractivity contribution in [3.05, 3.63) is 107 Å². The highest BCUT2D eigenvalue weighted by Gasteiger charge is 2.30. The van der Waals surface area contributed by atoms with Crippen molar-refractivity contribution in [3.63, 3.8) is 0 Å². The zero-order valence-electron chi connectivity index (χ0n) is 15.3. The van der Waals surface area contributed by atoms with Crippen molar-refractivity contribution in [2.24, 2.45) is 0 Å². The molecular weight excluding hydrogens is 361 g/mol. The molecule has 0 fully saturated rings. The molecule has 1 atom stereocenters. The number of hydrogen-bond donors (Lipinski definition) is 0. The topological polar surface area (TPSA) is 9.23 Å². The highest BCUT2D eigenvalue weighted by atomic mass is 19.4. The maximum Gasteiger partial charge on any atom is 0.416 e. The standard InChI is InChI=1S/C24H19F3O/c1-28-21-7-4-6-18(14-21)23-15-19(13-17-5-2-3-8-22(17)23)16-9-11-20(12-10-16)24(25,26)27/h2-12,14-15,19H,13H2,1H3. The van der Waals surface area contributed by atoms with Gasteiger partial charge in [0.15, 0.2) is 0 Å². The van der Waals surface area contributed by atoms with E-state index in [0.717, 1.165) is 46.6 Å². The van der Waals surface area contributed by atoms with E-state index < -0.39 is 11.7 Å².